The van der Waals surface area contributed by atoms with Crippen molar-refractivity contribution < 1.29 is 14.6 Å². The Kier molecular flexibility index (Phi) is 3.13. The molecule has 0 bridgehead atoms. The Morgan fingerprint density at radius 2 is 1.94 bits per heavy atom. The van der Waals surface area contributed by atoms with E-state index in [1.165, 1.54) is 7.11 Å². The third-order valence-corrected chi connectivity index (χ3v) is 3.23. The van der Waals surface area contributed by atoms with Gasteiger partial charge in [-0.1, -0.05) is 11.6 Å². The van der Waals surface area contributed by atoms with E-state index in [2.05, 4.69) is 9.73 Å². The second-order valence-electron chi connectivity index (χ2n) is 4.07. The quantitative estimate of drug-likeness (QED) is 0.614. The molecule has 0 aliphatic carbocycles. The van der Waals surface area contributed by atoms with Crippen LogP contribution in [0.15, 0.2) is 27.9 Å². The Balaban J connectivity index is 2.74. The van der Waals surface area contributed by atoms with Crippen molar-refractivity contribution in [1.29, 1.82) is 0 Å². The summed E-state index contributed by atoms with van der Waals surface area (Å²) in [5, 5.41) is 11.0. The molecule has 2 rings (SSSR count). The summed E-state index contributed by atoms with van der Waals surface area (Å²) in [6.45, 7) is 3.89. The number of aryl methyl sites for hydroxylation is 2. The molecule has 0 saturated heterocycles. The van der Waals surface area contributed by atoms with E-state index in [1.807, 2.05) is 26.0 Å². The normalized spacial score (nSPS) is 16.1. The summed E-state index contributed by atoms with van der Waals surface area (Å²) in [5.41, 5.74) is 2.15. The summed E-state index contributed by atoms with van der Waals surface area (Å²) in [5.74, 6) is -0.813. The Hall–Kier alpha value is -1.81. The fourth-order valence-corrected chi connectivity index (χ4v) is 1.93. The van der Waals surface area contributed by atoms with Crippen molar-refractivity contribution >= 4 is 23.3 Å². The molecule has 0 radical (unpaired) electrons. The largest absolute Gasteiger partial charge is 0.505 e. The lowest BCUT2D eigenvalue weighted by Crippen LogP contribution is -2.24. The average Bonchev–Trinajstić information content (AvgIpc) is 2.66. The number of benzene rings is 1. The second-order valence-corrected chi connectivity index (χ2v) is 4.45. The highest BCUT2D eigenvalue weighted by Gasteiger charge is 2.21. The van der Waals surface area contributed by atoms with Gasteiger partial charge in [0.25, 0.3) is 0 Å². The number of nitrogens with zero attached hydrogens (tertiary/aromatic N) is 1. The maximum Gasteiger partial charge on any atom is 0.351 e. The number of esters is 1. The van der Waals surface area contributed by atoms with Gasteiger partial charge in [0.2, 0.25) is 0 Å². The van der Waals surface area contributed by atoms with Crippen LogP contribution in [0.1, 0.15) is 11.1 Å². The Bertz CT molecular complexity index is 689. The second kappa shape index (κ2) is 4.46. The van der Waals surface area contributed by atoms with Crippen molar-refractivity contribution in [2.24, 2.45) is 4.99 Å². The summed E-state index contributed by atoms with van der Waals surface area (Å²) in [6, 6.07) is 3.66. The molecule has 1 aromatic carbocycles. The first-order valence-electron chi connectivity index (χ1n) is 5.33. The van der Waals surface area contributed by atoms with Crippen molar-refractivity contribution in [1.82, 2.24) is 0 Å². The van der Waals surface area contributed by atoms with Gasteiger partial charge in [-0.15, -0.1) is 0 Å². The van der Waals surface area contributed by atoms with Crippen molar-refractivity contribution in [3.8, 4) is 0 Å². The summed E-state index contributed by atoms with van der Waals surface area (Å²) in [6.07, 6.45) is 0. The van der Waals surface area contributed by atoms with Crippen LogP contribution in [0.4, 0.5) is 0 Å². The van der Waals surface area contributed by atoms with Crippen LogP contribution in [0.3, 0.4) is 0 Å². The fourth-order valence-electron chi connectivity index (χ4n) is 1.72. The van der Waals surface area contributed by atoms with Crippen LogP contribution in [0, 0.1) is 13.8 Å². The number of hydrogen-bond acceptors (Lipinski definition) is 4. The fraction of sp³-hybridized carbons (Fsp3) is 0.231. The van der Waals surface area contributed by atoms with Gasteiger partial charge in [0, 0.05) is 5.22 Å². The summed E-state index contributed by atoms with van der Waals surface area (Å²) in [4.78, 5) is 15.5. The predicted molar refractivity (Wildman–Crippen MR) is 67.6 cm³/mol. The van der Waals surface area contributed by atoms with Crippen molar-refractivity contribution in [2.75, 3.05) is 7.11 Å². The average molecular weight is 266 g/mol. The van der Waals surface area contributed by atoms with Crippen LogP contribution >= 0.6 is 11.6 Å². The predicted octanol–water partition coefficient (Wildman–Crippen LogP) is 1.23. The molecule has 0 fully saturated rings. The molecule has 1 aromatic rings. The highest BCUT2D eigenvalue weighted by molar-refractivity contribution is 6.42. The Morgan fingerprint density at radius 3 is 2.56 bits per heavy atom. The third-order valence-electron chi connectivity index (χ3n) is 2.90. The van der Waals surface area contributed by atoms with Gasteiger partial charge in [0.05, 0.1) is 12.5 Å². The smallest absolute Gasteiger partial charge is 0.351 e. The van der Waals surface area contributed by atoms with Crippen LogP contribution in [0.5, 0.6) is 0 Å². The van der Waals surface area contributed by atoms with Crippen LogP contribution in [0.25, 0.3) is 5.76 Å². The number of carbonyl (C=O) groups excluding carboxylic acids is 1. The summed E-state index contributed by atoms with van der Waals surface area (Å²) < 4.78 is 4.51. The van der Waals surface area contributed by atoms with E-state index in [9.17, 15) is 9.90 Å². The van der Waals surface area contributed by atoms with E-state index in [4.69, 9.17) is 11.6 Å². The number of aliphatic hydroxyl groups is 1. The molecular weight excluding hydrogens is 254 g/mol. The number of carbonyl (C=O) groups is 1. The van der Waals surface area contributed by atoms with Gasteiger partial charge in [-0.05, 0) is 37.1 Å². The number of fused-ring (bicyclic) bond motifs is 1. The number of hydrogen-bond donors (Lipinski definition) is 1. The highest BCUT2D eigenvalue weighted by atomic mass is 35.5. The molecule has 94 valence electrons. The first-order valence-corrected chi connectivity index (χ1v) is 5.71. The molecule has 5 heteroatoms. The van der Waals surface area contributed by atoms with E-state index >= 15 is 0 Å². The molecule has 18 heavy (non-hydrogen) atoms. The number of halogens is 1. The van der Waals surface area contributed by atoms with Gasteiger partial charge in [0.15, 0.2) is 10.8 Å². The van der Waals surface area contributed by atoms with Crippen LogP contribution in [-0.2, 0) is 9.53 Å². The molecule has 1 aliphatic heterocycles. The molecule has 0 aromatic heterocycles. The standard InChI is InChI=1S/C13H12ClNO3/c1-6-4-8-9(5-7(6)2)15-11(12(8)16)10(14)13(17)18-3/h4-5,16H,1-3H3. The molecule has 0 amide bonds. The number of rotatable bonds is 1. The SMILES string of the molecule is COC(=O)C(Cl)=C1N=c2cc(C)c(C)cc2=C1O. The topological polar surface area (TPSA) is 58.9 Å². The lowest BCUT2D eigenvalue weighted by molar-refractivity contribution is -0.135. The Labute approximate surface area is 109 Å². The molecule has 0 saturated carbocycles. The zero-order valence-electron chi connectivity index (χ0n) is 10.2. The van der Waals surface area contributed by atoms with Crippen LogP contribution in [-0.4, -0.2) is 18.2 Å². The van der Waals surface area contributed by atoms with E-state index in [1.54, 1.807) is 0 Å². The maximum atomic E-state index is 11.3. The first-order chi connectivity index (χ1) is 8.45. The molecule has 1 aliphatic rings. The van der Waals surface area contributed by atoms with Crippen LogP contribution in [0.2, 0.25) is 0 Å². The lowest BCUT2D eigenvalue weighted by atomic mass is 10.1. The van der Waals surface area contributed by atoms with Crippen molar-refractivity contribution in [2.45, 2.75) is 13.8 Å². The van der Waals surface area contributed by atoms with Crippen LogP contribution < -0.4 is 10.6 Å². The molecule has 0 atom stereocenters. The van der Waals surface area contributed by atoms with Gasteiger partial charge in [0.1, 0.15) is 5.70 Å². The molecule has 4 nitrogen and oxygen atoms in total. The van der Waals surface area contributed by atoms with E-state index < -0.39 is 5.97 Å². The van der Waals surface area contributed by atoms with Gasteiger partial charge < -0.3 is 9.84 Å². The van der Waals surface area contributed by atoms with E-state index in [0.717, 1.165) is 11.1 Å². The molecule has 1 N–H and O–H groups in total. The number of aliphatic hydroxyl groups excluding tert-OH is 1. The number of methoxy groups -OCH3 is 1. The summed E-state index contributed by atoms with van der Waals surface area (Å²) in [7, 11) is 1.22. The molecule has 0 unspecified atom stereocenters. The van der Waals surface area contributed by atoms with Gasteiger partial charge in [-0.2, -0.15) is 0 Å². The maximum absolute atomic E-state index is 11.3. The first kappa shape index (κ1) is 12.6. The zero-order chi connectivity index (χ0) is 13.4. The van der Waals surface area contributed by atoms with Crippen molar-refractivity contribution in [3.63, 3.8) is 0 Å². The minimum absolute atomic E-state index is 0.0588. The van der Waals surface area contributed by atoms with Gasteiger partial charge in [-0.3, -0.25) is 0 Å². The third kappa shape index (κ3) is 1.88. The minimum Gasteiger partial charge on any atom is -0.505 e. The Morgan fingerprint density at radius 1 is 1.33 bits per heavy atom. The van der Waals surface area contributed by atoms with Gasteiger partial charge >= 0.3 is 5.97 Å². The highest BCUT2D eigenvalue weighted by Crippen LogP contribution is 2.20. The minimum atomic E-state index is -0.719. The van der Waals surface area contributed by atoms with E-state index in [-0.39, 0.29) is 16.5 Å². The molecular formula is C13H12ClNO3. The number of ether oxygens (including phenoxy) is 1. The zero-order valence-corrected chi connectivity index (χ0v) is 11.0. The lowest BCUT2D eigenvalue weighted by Gasteiger charge is -2.00. The molecule has 0 spiro atoms. The van der Waals surface area contributed by atoms with Gasteiger partial charge in [-0.25, -0.2) is 9.79 Å². The summed E-state index contributed by atoms with van der Waals surface area (Å²) >= 11 is 5.83. The van der Waals surface area contributed by atoms with Crippen molar-refractivity contribution in [3.05, 3.63) is 44.6 Å². The monoisotopic (exact) mass is 265 g/mol. The van der Waals surface area contributed by atoms with E-state index in [0.29, 0.717) is 10.6 Å². The molecule has 1 heterocycles.